The highest BCUT2D eigenvalue weighted by Crippen LogP contribution is 2.25. The Balaban J connectivity index is 2.09. The smallest absolute Gasteiger partial charge is 0.241 e. The molecule has 17 heavy (non-hydrogen) atoms. The minimum atomic E-state index is -0.0685. The van der Waals surface area contributed by atoms with E-state index in [2.05, 4.69) is 10.6 Å². The number of methoxy groups -OCH3 is 1. The Morgan fingerprint density at radius 2 is 2.35 bits per heavy atom. The van der Waals surface area contributed by atoms with Crippen molar-refractivity contribution in [3.8, 4) is 5.75 Å². The summed E-state index contributed by atoms with van der Waals surface area (Å²) in [5.41, 5.74) is 1.84. The quantitative estimate of drug-likeness (QED) is 0.837. The number of hydrogen-bond donors (Lipinski definition) is 2. The van der Waals surface area contributed by atoms with E-state index in [-0.39, 0.29) is 11.9 Å². The fourth-order valence-corrected chi connectivity index (χ4v) is 2.03. The van der Waals surface area contributed by atoms with Crippen LogP contribution < -0.4 is 15.4 Å². The molecule has 1 saturated heterocycles. The lowest BCUT2D eigenvalue weighted by molar-refractivity contribution is -0.117. The summed E-state index contributed by atoms with van der Waals surface area (Å²) in [5.74, 6) is 0.723. The van der Waals surface area contributed by atoms with E-state index < -0.39 is 0 Å². The molecule has 1 amide bonds. The number of carbonyl (C=O) groups is 1. The van der Waals surface area contributed by atoms with Crippen LogP contribution in [0.25, 0.3) is 0 Å². The Bertz CT molecular complexity index is 412. The van der Waals surface area contributed by atoms with E-state index in [0.717, 1.165) is 30.6 Å². The van der Waals surface area contributed by atoms with Crippen LogP contribution in [-0.4, -0.2) is 25.6 Å². The van der Waals surface area contributed by atoms with E-state index in [4.69, 9.17) is 4.74 Å². The van der Waals surface area contributed by atoms with Crippen molar-refractivity contribution in [2.75, 3.05) is 19.0 Å². The van der Waals surface area contributed by atoms with Gasteiger partial charge in [-0.05, 0) is 44.0 Å². The van der Waals surface area contributed by atoms with Crippen molar-refractivity contribution >= 4 is 11.6 Å². The average Bonchev–Trinajstić information content (AvgIpc) is 2.85. The van der Waals surface area contributed by atoms with E-state index in [0.29, 0.717) is 5.75 Å². The van der Waals surface area contributed by atoms with Crippen LogP contribution in [0.15, 0.2) is 18.2 Å². The molecular weight excluding hydrogens is 216 g/mol. The lowest BCUT2D eigenvalue weighted by Crippen LogP contribution is -2.35. The fourth-order valence-electron chi connectivity index (χ4n) is 2.03. The largest absolute Gasteiger partial charge is 0.495 e. The molecule has 0 radical (unpaired) electrons. The molecule has 2 N–H and O–H groups in total. The highest BCUT2D eigenvalue weighted by atomic mass is 16.5. The zero-order valence-electron chi connectivity index (χ0n) is 10.2. The number of carbonyl (C=O) groups excluding carboxylic acids is 1. The number of anilines is 1. The van der Waals surface area contributed by atoms with Gasteiger partial charge in [0.15, 0.2) is 0 Å². The molecule has 1 aliphatic rings. The molecule has 0 bridgehead atoms. The number of aryl methyl sites for hydroxylation is 1. The van der Waals surface area contributed by atoms with E-state index in [1.807, 2.05) is 25.1 Å². The Morgan fingerprint density at radius 3 is 3.00 bits per heavy atom. The third kappa shape index (κ3) is 2.77. The topological polar surface area (TPSA) is 50.4 Å². The van der Waals surface area contributed by atoms with Crippen LogP contribution in [0.3, 0.4) is 0 Å². The van der Waals surface area contributed by atoms with Crippen LogP contribution in [0.1, 0.15) is 18.4 Å². The van der Waals surface area contributed by atoms with E-state index in [1.54, 1.807) is 7.11 Å². The van der Waals surface area contributed by atoms with Gasteiger partial charge in [-0.15, -0.1) is 0 Å². The van der Waals surface area contributed by atoms with Crippen LogP contribution in [0.5, 0.6) is 5.75 Å². The maximum Gasteiger partial charge on any atom is 0.241 e. The summed E-state index contributed by atoms with van der Waals surface area (Å²) in [6, 6.07) is 5.68. The van der Waals surface area contributed by atoms with Gasteiger partial charge in [0.05, 0.1) is 18.8 Å². The van der Waals surface area contributed by atoms with Gasteiger partial charge >= 0.3 is 0 Å². The Labute approximate surface area is 101 Å². The predicted octanol–water partition coefficient (Wildman–Crippen LogP) is 1.69. The first kappa shape index (κ1) is 11.9. The molecule has 4 heteroatoms. The van der Waals surface area contributed by atoms with Crippen molar-refractivity contribution in [1.29, 1.82) is 0 Å². The maximum absolute atomic E-state index is 11.9. The van der Waals surface area contributed by atoms with Crippen molar-refractivity contribution in [3.05, 3.63) is 23.8 Å². The summed E-state index contributed by atoms with van der Waals surface area (Å²) < 4.78 is 5.25. The van der Waals surface area contributed by atoms with Crippen molar-refractivity contribution in [2.24, 2.45) is 0 Å². The Morgan fingerprint density at radius 1 is 1.53 bits per heavy atom. The second-order valence-corrected chi connectivity index (χ2v) is 4.34. The van der Waals surface area contributed by atoms with Crippen LogP contribution >= 0.6 is 0 Å². The van der Waals surface area contributed by atoms with E-state index >= 15 is 0 Å². The van der Waals surface area contributed by atoms with Gasteiger partial charge in [-0.3, -0.25) is 4.79 Å². The summed E-state index contributed by atoms with van der Waals surface area (Å²) in [5, 5.41) is 6.08. The molecule has 92 valence electrons. The van der Waals surface area contributed by atoms with E-state index in [9.17, 15) is 4.79 Å². The molecule has 0 unspecified atom stereocenters. The summed E-state index contributed by atoms with van der Waals surface area (Å²) in [4.78, 5) is 11.9. The number of amides is 1. The fraction of sp³-hybridized carbons (Fsp3) is 0.462. The van der Waals surface area contributed by atoms with Crippen molar-refractivity contribution in [3.63, 3.8) is 0 Å². The highest BCUT2D eigenvalue weighted by Gasteiger charge is 2.22. The molecule has 4 nitrogen and oxygen atoms in total. The lowest BCUT2D eigenvalue weighted by atomic mass is 10.2. The van der Waals surface area contributed by atoms with Gasteiger partial charge in [0, 0.05) is 0 Å². The molecule has 1 atom stereocenters. The third-order valence-electron chi connectivity index (χ3n) is 2.99. The van der Waals surface area contributed by atoms with Gasteiger partial charge in [0.2, 0.25) is 5.91 Å². The van der Waals surface area contributed by atoms with Gasteiger partial charge in [-0.25, -0.2) is 0 Å². The molecule has 0 saturated carbocycles. The first-order valence-electron chi connectivity index (χ1n) is 5.89. The van der Waals surface area contributed by atoms with Crippen molar-refractivity contribution < 1.29 is 9.53 Å². The third-order valence-corrected chi connectivity index (χ3v) is 2.99. The van der Waals surface area contributed by atoms with Gasteiger partial charge in [0.1, 0.15) is 5.75 Å². The predicted molar refractivity (Wildman–Crippen MR) is 67.4 cm³/mol. The number of hydrogen-bond acceptors (Lipinski definition) is 3. The second-order valence-electron chi connectivity index (χ2n) is 4.34. The number of nitrogens with one attached hydrogen (secondary N) is 2. The number of benzene rings is 1. The molecular formula is C13H18N2O2. The Hall–Kier alpha value is -1.55. The number of rotatable bonds is 3. The number of ether oxygens (including phenoxy) is 1. The zero-order chi connectivity index (χ0) is 12.3. The average molecular weight is 234 g/mol. The Kier molecular flexibility index (Phi) is 3.64. The van der Waals surface area contributed by atoms with Crippen LogP contribution in [0.4, 0.5) is 5.69 Å². The van der Waals surface area contributed by atoms with Gasteiger partial charge in [-0.2, -0.15) is 0 Å². The molecule has 2 rings (SSSR count). The molecule has 0 aromatic heterocycles. The van der Waals surface area contributed by atoms with Crippen molar-refractivity contribution in [2.45, 2.75) is 25.8 Å². The molecule has 1 fully saturated rings. The minimum Gasteiger partial charge on any atom is -0.495 e. The van der Waals surface area contributed by atoms with Crippen LogP contribution in [0, 0.1) is 6.92 Å². The lowest BCUT2D eigenvalue weighted by Gasteiger charge is -2.14. The molecule has 0 aliphatic carbocycles. The summed E-state index contributed by atoms with van der Waals surface area (Å²) in [6.07, 6.45) is 1.96. The first-order chi connectivity index (χ1) is 8.20. The summed E-state index contributed by atoms with van der Waals surface area (Å²) in [7, 11) is 1.61. The molecule has 1 aromatic carbocycles. The van der Waals surface area contributed by atoms with Gasteiger partial charge in [0.25, 0.3) is 0 Å². The van der Waals surface area contributed by atoms with Crippen molar-refractivity contribution in [1.82, 2.24) is 5.32 Å². The maximum atomic E-state index is 11.9. The molecule has 0 spiro atoms. The van der Waals surface area contributed by atoms with Gasteiger partial charge < -0.3 is 15.4 Å². The van der Waals surface area contributed by atoms with Crippen LogP contribution in [-0.2, 0) is 4.79 Å². The molecule has 1 aromatic rings. The normalized spacial score (nSPS) is 19.1. The minimum absolute atomic E-state index is 0.0182. The highest BCUT2D eigenvalue weighted by molar-refractivity contribution is 5.96. The standard InChI is InChI=1S/C13H18N2O2/c1-9-5-6-10(12(8-9)17-2)15-13(16)11-4-3-7-14-11/h5-6,8,11,14H,3-4,7H2,1-2H3,(H,15,16)/t11-/m1/s1. The SMILES string of the molecule is COc1cc(C)ccc1NC(=O)[C@H]1CCCN1. The first-order valence-corrected chi connectivity index (χ1v) is 5.89. The zero-order valence-corrected chi connectivity index (χ0v) is 10.2. The summed E-state index contributed by atoms with van der Waals surface area (Å²) in [6.45, 7) is 2.91. The molecule has 1 heterocycles. The summed E-state index contributed by atoms with van der Waals surface area (Å²) >= 11 is 0. The second kappa shape index (κ2) is 5.19. The van der Waals surface area contributed by atoms with Crippen LogP contribution in [0.2, 0.25) is 0 Å². The van der Waals surface area contributed by atoms with Gasteiger partial charge in [-0.1, -0.05) is 6.07 Å². The van der Waals surface area contributed by atoms with E-state index in [1.165, 1.54) is 0 Å². The molecule has 1 aliphatic heterocycles. The monoisotopic (exact) mass is 234 g/mol.